The Labute approximate surface area is 144 Å². The Morgan fingerprint density at radius 1 is 1.29 bits per heavy atom. The fourth-order valence-corrected chi connectivity index (χ4v) is 2.55. The van der Waals surface area contributed by atoms with Gasteiger partial charge >= 0.3 is 0 Å². The average molecular weight is 421 g/mol. The Morgan fingerprint density at radius 2 is 2.00 bits per heavy atom. The average Bonchev–Trinajstić information content (AvgIpc) is 2.43. The first-order valence-electron chi connectivity index (χ1n) is 6.78. The van der Waals surface area contributed by atoms with Crippen molar-refractivity contribution in [3.63, 3.8) is 0 Å². The number of hydrogen-bond acceptors (Lipinski definition) is 4. The third-order valence-corrected chi connectivity index (χ3v) is 3.37. The number of ether oxygens (including phenoxy) is 2. The standard InChI is InChI=1S/C14H20IN3O2S/c1-4-16-14(21)18-17-9-10-7-11(15)13(20-6-3)12(8-10)19-5-2/h7-9H,4-6H2,1-3H3,(H2,16,18,21)/b17-9-. The molecule has 0 atom stereocenters. The van der Waals surface area contributed by atoms with Crippen molar-refractivity contribution in [2.45, 2.75) is 20.8 Å². The van der Waals surface area contributed by atoms with E-state index < -0.39 is 0 Å². The van der Waals surface area contributed by atoms with E-state index in [9.17, 15) is 0 Å². The molecule has 0 spiro atoms. The quantitative estimate of drug-likeness (QED) is 0.307. The smallest absolute Gasteiger partial charge is 0.186 e. The molecule has 0 saturated heterocycles. The van der Waals surface area contributed by atoms with Gasteiger partial charge in [-0.2, -0.15) is 5.10 Å². The summed E-state index contributed by atoms with van der Waals surface area (Å²) < 4.78 is 12.2. The predicted octanol–water partition coefficient (Wildman–Crippen LogP) is 2.91. The van der Waals surface area contributed by atoms with Crippen LogP contribution in [0.3, 0.4) is 0 Å². The Hall–Kier alpha value is -1.09. The van der Waals surface area contributed by atoms with Crippen molar-refractivity contribution in [2.24, 2.45) is 5.10 Å². The maximum atomic E-state index is 5.63. The van der Waals surface area contributed by atoms with Crippen molar-refractivity contribution in [2.75, 3.05) is 19.8 Å². The van der Waals surface area contributed by atoms with E-state index in [-0.39, 0.29) is 0 Å². The second-order valence-electron chi connectivity index (χ2n) is 3.93. The van der Waals surface area contributed by atoms with Gasteiger partial charge in [-0.25, -0.2) is 0 Å². The van der Waals surface area contributed by atoms with Gasteiger partial charge in [-0.05, 0) is 73.3 Å². The summed E-state index contributed by atoms with van der Waals surface area (Å²) in [6, 6.07) is 3.88. The molecule has 0 fully saturated rings. The summed E-state index contributed by atoms with van der Waals surface area (Å²) in [7, 11) is 0. The Morgan fingerprint density at radius 3 is 2.62 bits per heavy atom. The van der Waals surface area contributed by atoms with Crippen LogP contribution in [0.15, 0.2) is 17.2 Å². The molecule has 0 bridgehead atoms. The first kappa shape index (κ1) is 18.0. The highest BCUT2D eigenvalue weighted by Gasteiger charge is 2.11. The first-order chi connectivity index (χ1) is 10.1. The first-order valence-corrected chi connectivity index (χ1v) is 8.27. The summed E-state index contributed by atoms with van der Waals surface area (Å²) in [5.41, 5.74) is 3.67. The van der Waals surface area contributed by atoms with Crippen LogP contribution in [0.25, 0.3) is 0 Å². The van der Waals surface area contributed by atoms with Gasteiger partial charge in [0.2, 0.25) is 0 Å². The van der Waals surface area contributed by atoms with E-state index in [1.807, 2.05) is 32.9 Å². The van der Waals surface area contributed by atoms with E-state index >= 15 is 0 Å². The number of thiocarbonyl (C=S) groups is 1. The van der Waals surface area contributed by atoms with Gasteiger partial charge in [-0.15, -0.1) is 0 Å². The van der Waals surface area contributed by atoms with E-state index in [1.165, 1.54) is 0 Å². The van der Waals surface area contributed by atoms with Gasteiger partial charge in [0.25, 0.3) is 0 Å². The van der Waals surface area contributed by atoms with Crippen LogP contribution < -0.4 is 20.2 Å². The van der Waals surface area contributed by atoms with Gasteiger partial charge in [-0.1, -0.05) is 0 Å². The van der Waals surface area contributed by atoms with Gasteiger partial charge in [0.1, 0.15) is 0 Å². The normalized spacial score (nSPS) is 10.5. The van der Waals surface area contributed by atoms with Gasteiger partial charge in [-0.3, -0.25) is 5.43 Å². The molecule has 5 nitrogen and oxygen atoms in total. The predicted molar refractivity (Wildman–Crippen MR) is 98.5 cm³/mol. The van der Waals surface area contributed by atoms with Gasteiger partial charge in [0.15, 0.2) is 16.6 Å². The van der Waals surface area contributed by atoms with Crippen molar-refractivity contribution in [3.05, 3.63) is 21.3 Å². The number of benzene rings is 1. The van der Waals surface area contributed by atoms with Gasteiger partial charge < -0.3 is 14.8 Å². The monoisotopic (exact) mass is 421 g/mol. The summed E-state index contributed by atoms with van der Waals surface area (Å²) in [6.07, 6.45) is 1.70. The Kier molecular flexibility index (Phi) is 8.36. The minimum atomic E-state index is 0.499. The Bertz CT molecular complexity index is 509. The number of hydrazone groups is 1. The third kappa shape index (κ3) is 6.04. The summed E-state index contributed by atoms with van der Waals surface area (Å²) in [4.78, 5) is 0. The summed E-state index contributed by atoms with van der Waals surface area (Å²) in [6.45, 7) is 7.81. The zero-order chi connectivity index (χ0) is 15.7. The van der Waals surface area contributed by atoms with E-state index in [1.54, 1.807) is 6.21 Å². The highest BCUT2D eigenvalue weighted by molar-refractivity contribution is 14.1. The largest absolute Gasteiger partial charge is 0.490 e. The van der Waals surface area contributed by atoms with Crippen LogP contribution in [0.4, 0.5) is 0 Å². The van der Waals surface area contributed by atoms with Crippen LogP contribution in [0, 0.1) is 3.57 Å². The maximum Gasteiger partial charge on any atom is 0.186 e. The molecule has 0 aliphatic rings. The topological polar surface area (TPSA) is 54.9 Å². The van der Waals surface area contributed by atoms with Crippen LogP contribution in [0.1, 0.15) is 26.3 Å². The van der Waals surface area contributed by atoms with E-state index in [0.29, 0.717) is 18.3 Å². The van der Waals surface area contributed by atoms with E-state index in [0.717, 1.165) is 27.2 Å². The highest BCUT2D eigenvalue weighted by atomic mass is 127. The lowest BCUT2D eigenvalue weighted by molar-refractivity contribution is 0.286. The molecule has 1 rings (SSSR count). The molecule has 21 heavy (non-hydrogen) atoms. The number of hydrogen-bond donors (Lipinski definition) is 2. The number of nitrogens with one attached hydrogen (secondary N) is 2. The zero-order valence-electron chi connectivity index (χ0n) is 12.4. The van der Waals surface area contributed by atoms with Gasteiger partial charge in [0.05, 0.1) is 23.0 Å². The summed E-state index contributed by atoms with van der Waals surface area (Å²) >= 11 is 7.26. The van der Waals surface area contributed by atoms with Crippen LogP contribution in [0.5, 0.6) is 11.5 Å². The van der Waals surface area contributed by atoms with Gasteiger partial charge in [0, 0.05) is 6.54 Å². The number of nitrogens with zero attached hydrogens (tertiary/aromatic N) is 1. The lowest BCUT2D eigenvalue weighted by atomic mass is 10.2. The van der Waals surface area contributed by atoms with Crippen LogP contribution in [0.2, 0.25) is 0 Å². The molecule has 0 radical (unpaired) electrons. The molecule has 0 heterocycles. The molecule has 2 N–H and O–H groups in total. The SMILES string of the molecule is CCNC(=S)N/N=C\c1cc(I)c(OCC)c(OCC)c1. The number of halogens is 1. The molecule has 0 aromatic heterocycles. The van der Waals surface area contributed by atoms with Crippen LogP contribution in [-0.4, -0.2) is 31.1 Å². The highest BCUT2D eigenvalue weighted by Crippen LogP contribution is 2.33. The van der Waals surface area contributed by atoms with E-state index in [2.05, 4.69) is 38.4 Å². The molecule has 116 valence electrons. The Balaban J connectivity index is 2.88. The number of rotatable bonds is 7. The fraction of sp³-hybridized carbons (Fsp3) is 0.429. The minimum absolute atomic E-state index is 0.499. The van der Waals surface area contributed by atoms with Crippen molar-refractivity contribution >= 4 is 46.1 Å². The van der Waals surface area contributed by atoms with E-state index in [4.69, 9.17) is 21.7 Å². The fourth-order valence-electron chi connectivity index (χ4n) is 1.58. The minimum Gasteiger partial charge on any atom is -0.490 e. The maximum absolute atomic E-state index is 5.63. The van der Waals surface area contributed by atoms with Crippen molar-refractivity contribution < 1.29 is 9.47 Å². The third-order valence-electron chi connectivity index (χ3n) is 2.34. The summed E-state index contributed by atoms with van der Waals surface area (Å²) in [5, 5.41) is 7.56. The molecule has 0 unspecified atom stereocenters. The lowest BCUT2D eigenvalue weighted by Crippen LogP contribution is -2.31. The van der Waals surface area contributed by atoms with Crippen molar-refractivity contribution in [3.8, 4) is 11.5 Å². The molecule has 0 saturated carbocycles. The van der Waals surface area contributed by atoms with Crippen molar-refractivity contribution in [1.29, 1.82) is 0 Å². The lowest BCUT2D eigenvalue weighted by Gasteiger charge is -2.13. The second kappa shape index (κ2) is 9.78. The molecule has 0 aliphatic carbocycles. The molecule has 1 aromatic carbocycles. The van der Waals surface area contributed by atoms with Crippen LogP contribution >= 0.6 is 34.8 Å². The molecule has 7 heteroatoms. The second-order valence-corrected chi connectivity index (χ2v) is 5.50. The zero-order valence-corrected chi connectivity index (χ0v) is 15.4. The molecular weight excluding hydrogens is 401 g/mol. The molecular formula is C14H20IN3O2S. The molecule has 0 aliphatic heterocycles. The summed E-state index contributed by atoms with van der Waals surface area (Å²) in [5.74, 6) is 1.50. The molecule has 1 aromatic rings. The molecule has 0 amide bonds. The van der Waals surface area contributed by atoms with Crippen LogP contribution in [-0.2, 0) is 0 Å². The van der Waals surface area contributed by atoms with Crippen molar-refractivity contribution in [1.82, 2.24) is 10.7 Å².